The van der Waals surface area contributed by atoms with Crippen molar-refractivity contribution in [3.05, 3.63) is 0 Å². The van der Waals surface area contributed by atoms with Crippen LogP contribution in [0.15, 0.2) is 0 Å². The Morgan fingerprint density at radius 2 is 0.889 bits per heavy atom. The molecule has 0 aromatic heterocycles. The predicted molar refractivity (Wildman–Crippen MR) is 22.9 cm³/mol. The molecule has 0 spiro atoms. The van der Waals surface area contributed by atoms with Gasteiger partial charge < -0.3 is 19.2 Å². The largest absolute Gasteiger partial charge is 1.00 e. The van der Waals surface area contributed by atoms with Gasteiger partial charge in [-0.2, -0.15) is 0 Å². The van der Waals surface area contributed by atoms with Gasteiger partial charge in [-0.05, 0) is 0 Å². The minimum absolute atomic E-state index is 0. The van der Waals surface area contributed by atoms with Crippen molar-refractivity contribution in [3.63, 3.8) is 0 Å². The summed E-state index contributed by atoms with van der Waals surface area (Å²) in [6, 6.07) is 0. The number of rotatable bonds is 0. The molecule has 6 nitrogen and oxygen atoms in total. The molecule has 0 aliphatic heterocycles. The van der Waals surface area contributed by atoms with Crippen molar-refractivity contribution in [2.45, 2.75) is 0 Å². The molecule has 0 rings (SSSR count). The SMILES string of the molecule is O=[Si](O)O.O=[Si](O)O.[H+].[K+]. The van der Waals surface area contributed by atoms with Gasteiger partial charge in [0.15, 0.2) is 0 Å². The third-order valence-corrected chi connectivity index (χ3v) is 0. The molecule has 0 atom stereocenters. The van der Waals surface area contributed by atoms with Crippen molar-refractivity contribution in [2.24, 2.45) is 0 Å². The van der Waals surface area contributed by atoms with Gasteiger partial charge in [-0.3, -0.25) is 8.92 Å². The van der Waals surface area contributed by atoms with Gasteiger partial charge in [0.1, 0.15) is 0 Å². The van der Waals surface area contributed by atoms with Gasteiger partial charge in [0.2, 0.25) is 0 Å². The van der Waals surface area contributed by atoms with E-state index in [1.165, 1.54) is 0 Å². The molecule has 0 aliphatic rings. The molecule has 9 heavy (non-hydrogen) atoms. The summed E-state index contributed by atoms with van der Waals surface area (Å²) in [5.74, 6) is 0. The summed E-state index contributed by atoms with van der Waals surface area (Å²) < 4.78 is 17.5. The first-order chi connectivity index (χ1) is 3.46. The van der Waals surface area contributed by atoms with E-state index < -0.39 is 18.3 Å². The predicted octanol–water partition coefficient (Wildman–Crippen LogP) is -6.11. The van der Waals surface area contributed by atoms with Crippen LogP contribution in [0.3, 0.4) is 0 Å². The van der Waals surface area contributed by atoms with Crippen LogP contribution in [-0.4, -0.2) is 37.5 Å². The molecule has 48 valence electrons. The molecule has 4 N–H and O–H groups in total. The van der Waals surface area contributed by atoms with Gasteiger partial charge in [-0.15, -0.1) is 0 Å². The average Bonchev–Trinajstić information content (AvgIpc) is 1.25. The second-order valence-corrected chi connectivity index (χ2v) is 1.70. The van der Waals surface area contributed by atoms with Crippen LogP contribution in [0, 0.1) is 0 Å². The van der Waals surface area contributed by atoms with Crippen molar-refractivity contribution in [1.29, 1.82) is 0 Å². The molecule has 0 radical (unpaired) electrons. The van der Waals surface area contributed by atoms with Gasteiger partial charge in [0.25, 0.3) is 0 Å². The van der Waals surface area contributed by atoms with Crippen molar-refractivity contribution in [3.8, 4) is 0 Å². The fraction of sp³-hybridized carbons (Fsp3) is 0. The summed E-state index contributed by atoms with van der Waals surface area (Å²) in [7, 11) is -6.26. The van der Waals surface area contributed by atoms with Gasteiger partial charge >= 0.3 is 71.2 Å². The van der Waals surface area contributed by atoms with Crippen LogP contribution in [0.1, 0.15) is 1.43 Å². The second kappa shape index (κ2) is 11.6. The molecule has 0 amide bonds. The Kier molecular flexibility index (Phi) is 21.3. The van der Waals surface area contributed by atoms with Gasteiger partial charge in [-0.1, -0.05) is 0 Å². The van der Waals surface area contributed by atoms with Crippen molar-refractivity contribution >= 4 is 18.3 Å². The van der Waals surface area contributed by atoms with Crippen molar-refractivity contribution < 1.29 is 80.9 Å². The molecule has 0 unspecified atom stereocenters. The maximum absolute atomic E-state index is 8.74. The topological polar surface area (TPSA) is 115 Å². The third-order valence-electron chi connectivity index (χ3n) is 0. The van der Waals surface area contributed by atoms with Gasteiger partial charge in [-0.25, -0.2) is 0 Å². The van der Waals surface area contributed by atoms with Crippen molar-refractivity contribution in [1.82, 2.24) is 0 Å². The molecule has 0 saturated carbocycles. The van der Waals surface area contributed by atoms with E-state index in [9.17, 15) is 0 Å². The summed E-state index contributed by atoms with van der Waals surface area (Å²) in [6.45, 7) is 0. The van der Waals surface area contributed by atoms with E-state index in [4.69, 9.17) is 28.1 Å². The normalized spacial score (nSPS) is 5.33. The van der Waals surface area contributed by atoms with E-state index in [0.717, 1.165) is 0 Å². The Morgan fingerprint density at radius 1 is 0.889 bits per heavy atom. The molecule has 0 aromatic carbocycles. The van der Waals surface area contributed by atoms with E-state index >= 15 is 0 Å². The maximum Gasteiger partial charge on any atom is 1.00 e. The standard InChI is InChI=1S/K.2H2O3Si/c;2*1-4(2)3/h;2*1-2H/q+1;;/p+1. The van der Waals surface area contributed by atoms with Crippen molar-refractivity contribution in [2.75, 3.05) is 0 Å². The van der Waals surface area contributed by atoms with Crippen LogP contribution in [0.4, 0.5) is 0 Å². The first kappa shape index (κ1) is 16.5. The summed E-state index contributed by atoms with van der Waals surface area (Å²) in [6.07, 6.45) is 0. The Bertz CT molecular complexity index is 73.7. The monoisotopic (exact) mass is 196 g/mol. The van der Waals surface area contributed by atoms with E-state index in [0.29, 0.717) is 0 Å². The zero-order chi connectivity index (χ0) is 7.15. The Morgan fingerprint density at radius 3 is 0.889 bits per heavy atom. The summed E-state index contributed by atoms with van der Waals surface area (Å²) in [5, 5.41) is 0. The molecule has 0 fully saturated rings. The Balaban J connectivity index is -0.0000000300. The summed E-state index contributed by atoms with van der Waals surface area (Å²) >= 11 is 0. The number of hydrogen-bond acceptors (Lipinski definition) is 2. The molecule has 9 heteroatoms. The molecule has 0 aromatic rings. The molecule has 0 aliphatic carbocycles. The maximum atomic E-state index is 8.74. The van der Waals surface area contributed by atoms with Crippen LogP contribution < -0.4 is 51.4 Å². The van der Waals surface area contributed by atoms with Crippen LogP contribution >= 0.6 is 0 Å². The fourth-order valence-corrected chi connectivity index (χ4v) is 0. The first-order valence-corrected chi connectivity index (χ1v) is 3.91. The zero-order valence-corrected chi connectivity index (χ0v) is 9.73. The molecular weight excluding hydrogens is 191 g/mol. The van der Waals surface area contributed by atoms with Gasteiger partial charge in [0.05, 0.1) is 0 Å². The third kappa shape index (κ3) is 553. The molecule has 0 bridgehead atoms. The van der Waals surface area contributed by atoms with Crippen LogP contribution in [-0.2, 0) is 8.92 Å². The van der Waals surface area contributed by atoms with E-state index in [1.807, 2.05) is 0 Å². The van der Waals surface area contributed by atoms with E-state index in [2.05, 4.69) is 0 Å². The fourth-order valence-electron chi connectivity index (χ4n) is 0. The van der Waals surface area contributed by atoms with Crippen LogP contribution in [0.2, 0.25) is 0 Å². The molecular formula is H5KO6Si2+2. The number of hydrogen-bond donors (Lipinski definition) is 4. The average molecular weight is 196 g/mol. The Labute approximate surface area is 97.9 Å². The van der Waals surface area contributed by atoms with Gasteiger partial charge in [0, 0.05) is 0 Å². The first-order valence-electron chi connectivity index (χ1n) is 1.30. The quantitative estimate of drug-likeness (QED) is 0.287. The van der Waals surface area contributed by atoms with Crippen LogP contribution in [0.25, 0.3) is 0 Å². The summed E-state index contributed by atoms with van der Waals surface area (Å²) in [5.41, 5.74) is 0. The Hall–Kier alpha value is 0.870. The van der Waals surface area contributed by atoms with Crippen LogP contribution in [0.5, 0.6) is 0 Å². The smallest absolute Gasteiger partial charge is 0.511 e. The zero-order valence-electron chi connectivity index (χ0n) is 5.61. The molecule has 0 heterocycles. The minimum Gasteiger partial charge on any atom is -0.511 e. The van der Waals surface area contributed by atoms with E-state index in [-0.39, 0.29) is 52.8 Å². The molecule has 0 saturated heterocycles. The minimum atomic E-state index is -3.13. The van der Waals surface area contributed by atoms with E-state index in [1.54, 1.807) is 0 Å². The summed E-state index contributed by atoms with van der Waals surface area (Å²) in [4.78, 5) is 28.6. The second-order valence-electron chi connectivity index (χ2n) is 0.565.